The van der Waals surface area contributed by atoms with Gasteiger partial charge >= 0.3 is 0 Å². The van der Waals surface area contributed by atoms with Gasteiger partial charge in [0.1, 0.15) is 6.33 Å². The number of aryl methyl sites for hydroxylation is 2. The average molecular weight is 593 g/mol. The third-order valence-electron chi connectivity index (χ3n) is 10.4. The largest absolute Gasteiger partial charge is 0.371 e. The van der Waals surface area contributed by atoms with Gasteiger partial charge in [-0.3, -0.25) is 9.69 Å². The number of anilines is 2. The molecule has 0 radical (unpaired) electrons. The van der Waals surface area contributed by atoms with Crippen molar-refractivity contribution in [1.29, 1.82) is 0 Å². The molecule has 44 heavy (non-hydrogen) atoms. The van der Waals surface area contributed by atoms with Gasteiger partial charge in [0, 0.05) is 79.9 Å². The number of hydrogen-bond acceptors (Lipinski definition) is 6. The molecule has 3 aliphatic rings. The molecule has 7 nitrogen and oxygen atoms in total. The van der Waals surface area contributed by atoms with E-state index in [4.69, 9.17) is 0 Å². The van der Waals surface area contributed by atoms with Gasteiger partial charge in [-0.15, -0.1) is 0 Å². The Balaban J connectivity index is 1.11. The van der Waals surface area contributed by atoms with E-state index < -0.39 is 0 Å². The number of piperidine rings is 3. The number of benzene rings is 2. The van der Waals surface area contributed by atoms with Gasteiger partial charge in [0.2, 0.25) is 5.91 Å². The van der Waals surface area contributed by atoms with E-state index in [1.165, 1.54) is 11.3 Å². The van der Waals surface area contributed by atoms with E-state index in [2.05, 4.69) is 107 Å². The second-order valence-electron chi connectivity index (χ2n) is 13.2. The smallest absolute Gasteiger partial charge is 0.226 e. The third-order valence-corrected chi connectivity index (χ3v) is 10.4. The van der Waals surface area contributed by atoms with Gasteiger partial charge in [0.25, 0.3) is 0 Å². The third kappa shape index (κ3) is 6.39. The van der Waals surface area contributed by atoms with Gasteiger partial charge in [0.05, 0.1) is 11.4 Å². The zero-order chi connectivity index (χ0) is 30.7. The van der Waals surface area contributed by atoms with Gasteiger partial charge in [-0.05, 0) is 89.1 Å². The first kappa shape index (κ1) is 30.3. The van der Waals surface area contributed by atoms with E-state index in [9.17, 15) is 4.79 Å². The fraction of sp³-hybridized carbons (Fsp3) is 0.486. The summed E-state index contributed by atoms with van der Waals surface area (Å²) in [7, 11) is 0. The lowest BCUT2D eigenvalue weighted by Gasteiger charge is -2.51. The highest BCUT2D eigenvalue weighted by molar-refractivity contribution is 5.94. The summed E-state index contributed by atoms with van der Waals surface area (Å²) in [5.74, 6) is 0.250. The molecule has 3 aromatic rings. The minimum absolute atomic E-state index is 0.200. The normalized spacial score (nSPS) is 19.7. The Kier molecular flexibility index (Phi) is 9.03. The molecule has 0 N–H and O–H groups in total. The first-order valence-electron chi connectivity index (χ1n) is 16.5. The van der Waals surface area contributed by atoms with Crippen LogP contribution in [0, 0.1) is 13.8 Å². The first-order chi connectivity index (χ1) is 21.3. The van der Waals surface area contributed by atoms with Crippen LogP contribution in [0.4, 0.5) is 11.4 Å². The Labute approximate surface area is 263 Å². The Morgan fingerprint density at radius 1 is 0.909 bits per heavy atom. The summed E-state index contributed by atoms with van der Waals surface area (Å²) in [6.07, 6.45) is 8.95. The Bertz CT molecular complexity index is 1420. The minimum Gasteiger partial charge on any atom is -0.371 e. The maximum atomic E-state index is 12.5. The molecule has 1 amide bonds. The van der Waals surface area contributed by atoms with Crippen molar-refractivity contribution in [1.82, 2.24) is 19.8 Å². The quantitative estimate of drug-likeness (QED) is 0.294. The predicted molar refractivity (Wildman–Crippen MR) is 180 cm³/mol. The molecular weight excluding hydrogens is 544 g/mol. The van der Waals surface area contributed by atoms with Crippen molar-refractivity contribution in [3.05, 3.63) is 90.0 Å². The van der Waals surface area contributed by atoms with Crippen molar-refractivity contribution in [3.8, 4) is 0 Å². The minimum atomic E-state index is 0.200. The van der Waals surface area contributed by atoms with Gasteiger partial charge in [-0.1, -0.05) is 36.9 Å². The number of carbonyl (C=O) groups is 1. The molecule has 232 valence electrons. The first-order valence-corrected chi connectivity index (χ1v) is 16.5. The number of carbonyl (C=O) groups excluding carboxylic acids is 1. The number of aromatic nitrogens is 2. The summed E-state index contributed by atoms with van der Waals surface area (Å²) in [6, 6.07) is 20.1. The second kappa shape index (κ2) is 13.1. The van der Waals surface area contributed by atoms with Gasteiger partial charge in [0.15, 0.2) is 0 Å². The molecule has 4 heterocycles. The standard InChI is InChI=1S/C37H48N6O/c1-28-36(29(2)39-27-38-28)30(3)40-24-19-37(4,20-25-40)41-22-17-34(18-23-41)43(26-31-10-6-5-7-11-31)33-15-13-32(14-16-33)42-21-9-8-12-35(42)44/h5-7,10-11,13-16,27,34H,3,8-9,12,17-26H2,1-2,4H3. The fourth-order valence-corrected chi connectivity index (χ4v) is 7.57. The molecular formula is C37H48N6O. The molecule has 3 fully saturated rings. The van der Waals surface area contributed by atoms with Crippen molar-refractivity contribution in [2.45, 2.75) is 83.8 Å². The SMILES string of the molecule is C=C(c1c(C)ncnc1C)N1CCC(C)(N2CCC(N(Cc3ccccc3)c3ccc(N4CCCCC4=O)cc3)CC2)CC1. The van der Waals surface area contributed by atoms with Crippen molar-refractivity contribution in [2.24, 2.45) is 0 Å². The topological polar surface area (TPSA) is 55.8 Å². The van der Waals surface area contributed by atoms with Crippen LogP contribution in [0.25, 0.3) is 5.70 Å². The molecule has 0 spiro atoms. The summed E-state index contributed by atoms with van der Waals surface area (Å²) in [5, 5.41) is 0. The molecule has 7 heteroatoms. The molecule has 0 aliphatic carbocycles. The highest BCUT2D eigenvalue weighted by atomic mass is 16.2. The lowest BCUT2D eigenvalue weighted by Crippen LogP contribution is -2.57. The zero-order valence-electron chi connectivity index (χ0n) is 26.8. The highest BCUT2D eigenvalue weighted by Gasteiger charge is 2.39. The Hall–Kier alpha value is -3.71. The summed E-state index contributed by atoms with van der Waals surface area (Å²) in [6.45, 7) is 17.0. The predicted octanol–water partition coefficient (Wildman–Crippen LogP) is 6.61. The molecule has 2 aromatic carbocycles. The number of rotatable bonds is 8. The number of amides is 1. The Morgan fingerprint density at radius 2 is 1.57 bits per heavy atom. The lowest BCUT2D eigenvalue weighted by molar-refractivity contribution is -0.119. The Morgan fingerprint density at radius 3 is 2.20 bits per heavy atom. The van der Waals surface area contributed by atoms with Crippen LogP contribution in [0.2, 0.25) is 0 Å². The molecule has 0 saturated carbocycles. The fourth-order valence-electron chi connectivity index (χ4n) is 7.57. The van der Waals surface area contributed by atoms with E-state index in [1.807, 2.05) is 4.90 Å². The maximum absolute atomic E-state index is 12.5. The molecule has 0 atom stereocenters. The molecule has 3 aliphatic heterocycles. The summed E-state index contributed by atoms with van der Waals surface area (Å²) in [4.78, 5) is 31.2. The van der Waals surface area contributed by atoms with Crippen LogP contribution in [0.5, 0.6) is 0 Å². The average Bonchev–Trinajstić information content (AvgIpc) is 3.05. The highest BCUT2D eigenvalue weighted by Crippen LogP contribution is 2.36. The molecule has 3 saturated heterocycles. The molecule has 6 rings (SSSR count). The monoisotopic (exact) mass is 592 g/mol. The maximum Gasteiger partial charge on any atom is 0.226 e. The van der Waals surface area contributed by atoms with Gasteiger partial charge < -0.3 is 14.7 Å². The number of hydrogen-bond donors (Lipinski definition) is 0. The van der Waals surface area contributed by atoms with E-state index in [1.54, 1.807) is 6.33 Å². The lowest BCUT2D eigenvalue weighted by atomic mass is 9.85. The summed E-state index contributed by atoms with van der Waals surface area (Å²) in [5.41, 5.74) is 7.99. The summed E-state index contributed by atoms with van der Waals surface area (Å²) >= 11 is 0. The van der Waals surface area contributed by atoms with Crippen LogP contribution in [0.15, 0.2) is 67.5 Å². The van der Waals surface area contributed by atoms with E-state index in [0.29, 0.717) is 12.5 Å². The number of nitrogens with zero attached hydrogens (tertiary/aromatic N) is 6. The van der Waals surface area contributed by atoms with Gasteiger partial charge in [-0.25, -0.2) is 9.97 Å². The molecule has 1 aromatic heterocycles. The zero-order valence-corrected chi connectivity index (χ0v) is 26.8. The van der Waals surface area contributed by atoms with E-state index in [0.717, 1.165) is 106 Å². The van der Waals surface area contributed by atoms with Crippen molar-refractivity contribution >= 4 is 23.0 Å². The van der Waals surface area contributed by atoms with Gasteiger partial charge in [-0.2, -0.15) is 0 Å². The van der Waals surface area contributed by atoms with Crippen LogP contribution < -0.4 is 9.80 Å². The summed E-state index contributed by atoms with van der Waals surface area (Å²) < 4.78 is 0. The van der Waals surface area contributed by atoms with E-state index in [-0.39, 0.29) is 11.4 Å². The molecule has 0 unspecified atom stereocenters. The van der Waals surface area contributed by atoms with Crippen LogP contribution in [0.3, 0.4) is 0 Å². The van der Waals surface area contributed by atoms with Crippen molar-refractivity contribution in [3.63, 3.8) is 0 Å². The van der Waals surface area contributed by atoms with Crippen molar-refractivity contribution < 1.29 is 4.79 Å². The second-order valence-corrected chi connectivity index (χ2v) is 13.2. The van der Waals surface area contributed by atoms with Crippen LogP contribution in [-0.4, -0.2) is 70.0 Å². The van der Waals surface area contributed by atoms with Crippen molar-refractivity contribution in [2.75, 3.05) is 42.5 Å². The molecule has 0 bridgehead atoms. The van der Waals surface area contributed by atoms with E-state index >= 15 is 0 Å². The van der Waals surface area contributed by atoms with Crippen LogP contribution >= 0.6 is 0 Å². The van der Waals surface area contributed by atoms with Crippen LogP contribution in [0.1, 0.15) is 74.4 Å². The number of likely N-dealkylation sites (tertiary alicyclic amines) is 2. The van der Waals surface area contributed by atoms with Crippen LogP contribution in [-0.2, 0) is 11.3 Å².